The van der Waals surface area contributed by atoms with E-state index in [1.54, 1.807) is 0 Å². The molecule has 0 atom stereocenters. The maximum Gasteiger partial charge on any atom is -0.00745 e. The van der Waals surface area contributed by atoms with Gasteiger partial charge < -0.3 is 5.11 Å². The molecule has 0 aromatic heterocycles. The second-order valence-corrected chi connectivity index (χ2v) is 14.4. The molecule has 0 aliphatic rings. The van der Waals surface area contributed by atoms with Gasteiger partial charge >= 0.3 is 0 Å². The van der Waals surface area contributed by atoms with Gasteiger partial charge in [-0.15, -0.1) is 5.75 Å². The van der Waals surface area contributed by atoms with E-state index in [-0.39, 0.29) is 15.8 Å². The molecule has 0 bridgehead atoms. The summed E-state index contributed by atoms with van der Waals surface area (Å²) >= 11 is 0. The van der Waals surface area contributed by atoms with Gasteiger partial charge in [0.1, 0.15) is 0 Å². The Hall–Kier alpha value is -0.120. The summed E-state index contributed by atoms with van der Waals surface area (Å²) in [6, 6.07) is 6.24. The Morgan fingerprint density at radius 2 is 1.00 bits per heavy atom. The molecule has 1 nitrogen and oxygen atoms in total. The standard InChI is InChI=1S/C20H36OP2/c1-14(2)22(15(3)4)12-18-10-9-11-19(20(18)21)13-23(16(5)6)17(7)8/h9-11,14-17,21H,12-13H2,1-8H3/p-1. The van der Waals surface area contributed by atoms with Crippen molar-refractivity contribution >= 4 is 15.8 Å². The van der Waals surface area contributed by atoms with E-state index >= 15 is 0 Å². The largest absolute Gasteiger partial charge is 0.872 e. The Morgan fingerprint density at radius 3 is 1.26 bits per heavy atom. The maximum atomic E-state index is 13.0. The van der Waals surface area contributed by atoms with Gasteiger partial charge in [0.25, 0.3) is 0 Å². The zero-order chi connectivity index (χ0) is 17.7. The van der Waals surface area contributed by atoms with Crippen LogP contribution < -0.4 is 5.11 Å². The third-order valence-electron chi connectivity index (χ3n) is 4.54. The normalized spacial score (nSPS) is 12.6. The van der Waals surface area contributed by atoms with Crippen LogP contribution in [0.4, 0.5) is 0 Å². The molecule has 0 aliphatic carbocycles. The highest BCUT2D eigenvalue weighted by Gasteiger charge is 2.20. The highest BCUT2D eigenvalue weighted by molar-refractivity contribution is 7.58. The summed E-state index contributed by atoms with van der Waals surface area (Å²) < 4.78 is 0. The monoisotopic (exact) mass is 353 g/mol. The van der Waals surface area contributed by atoms with Gasteiger partial charge in [-0.3, -0.25) is 0 Å². The van der Waals surface area contributed by atoms with Crippen molar-refractivity contribution in [3.05, 3.63) is 29.3 Å². The van der Waals surface area contributed by atoms with Crippen molar-refractivity contribution in [1.82, 2.24) is 0 Å². The highest BCUT2D eigenvalue weighted by atomic mass is 31.1. The molecule has 0 aliphatic heterocycles. The minimum Gasteiger partial charge on any atom is -0.872 e. The van der Waals surface area contributed by atoms with Crippen molar-refractivity contribution in [2.75, 3.05) is 0 Å². The average molecular weight is 353 g/mol. The van der Waals surface area contributed by atoms with Crippen molar-refractivity contribution in [1.29, 1.82) is 0 Å². The fraction of sp³-hybridized carbons (Fsp3) is 0.700. The smallest absolute Gasteiger partial charge is 0.00745 e. The first-order valence-electron chi connectivity index (χ1n) is 8.94. The Balaban J connectivity index is 3.02. The van der Waals surface area contributed by atoms with E-state index in [2.05, 4.69) is 73.6 Å². The van der Waals surface area contributed by atoms with Crippen LogP contribution in [0.25, 0.3) is 0 Å². The first-order valence-corrected chi connectivity index (χ1v) is 12.3. The van der Waals surface area contributed by atoms with Crippen LogP contribution >= 0.6 is 15.8 Å². The molecule has 0 fully saturated rings. The first-order chi connectivity index (χ1) is 10.6. The molecule has 1 rings (SSSR count). The lowest BCUT2D eigenvalue weighted by Crippen LogP contribution is -2.10. The molecule has 132 valence electrons. The molecule has 3 heteroatoms. The quantitative estimate of drug-likeness (QED) is 0.499. The Kier molecular flexibility index (Phi) is 8.54. The Bertz CT molecular complexity index is 424. The van der Waals surface area contributed by atoms with Gasteiger partial charge in [0, 0.05) is 0 Å². The fourth-order valence-corrected chi connectivity index (χ4v) is 8.33. The van der Waals surface area contributed by atoms with Crippen molar-refractivity contribution in [2.45, 2.75) is 90.3 Å². The Morgan fingerprint density at radius 1 is 0.696 bits per heavy atom. The molecule has 23 heavy (non-hydrogen) atoms. The van der Waals surface area contributed by atoms with Gasteiger partial charge in [-0.2, -0.15) is 0 Å². The summed E-state index contributed by atoms with van der Waals surface area (Å²) in [5.41, 5.74) is 4.82. The van der Waals surface area contributed by atoms with E-state index in [4.69, 9.17) is 0 Å². The topological polar surface area (TPSA) is 23.1 Å². The number of benzene rings is 1. The second kappa shape index (κ2) is 9.39. The van der Waals surface area contributed by atoms with Crippen molar-refractivity contribution in [3.8, 4) is 5.75 Å². The number of rotatable bonds is 8. The molecule has 0 N–H and O–H groups in total. The zero-order valence-electron chi connectivity index (χ0n) is 16.3. The highest BCUT2D eigenvalue weighted by Crippen LogP contribution is 2.52. The van der Waals surface area contributed by atoms with Gasteiger partial charge in [-0.25, -0.2) is 0 Å². The van der Waals surface area contributed by atoms with Crippen LogP contribution in [0, 0.1) is 0 Å². The summed E-state index contributed by atoms with van der Waals surface area (Å²) in [4.78, 5) is 0. The second-order valence-electron chi connectivity index (χ2n) is 7.63. The summed E-state index contributed by atoms with van der Waals surface area (Å²) in [6.07, 6.45) is 1.97. The van der Waals surface area contributed by atoms with E-state index in [9.17, 15) is 5.11 Å². The molecule has 0 unspecified atom stereocenters. The lowest BCUT2D eigenvalue weighted by Gasteiger charge is -2.31. The van der Waals surface area contributed by atoms with E-state index in [1.807, 2.05) is 0 Å². The van der Waals surface area contributed by atoms with E-state index in [0.717, 1.165) is 23.5 Å². The summed E-state index contributed by atoms with van der Waals surface area (Å²) in [6.45, 7) is 18.4. The SMILES string of the molecule is CC(C)P(Cc1cccc(CP(C(C)C)C(C)C)c1[O-])C(C)C. The fourth-order valence-electron chi connectivity index (χ4n) is 3.20. The van der Waals surface area contributed by atoms with Crippen LogP contribution in [0.15, 0.2) is 18.2 Å². The van der Waals surface area contributed by atoms with Gasteiger partial charge in [0.2, 0.25) is 0 Å². The van der Waals surface area contributed by atoms with Crippen LogP contribution in [-0.2, 0) is 12.3 Å². The first kappa shape index (κ1) is 20.9. The molecule has 0 spiro atoms. The lowest BCUT2D eigenvalue weighted by molar-refractivity contribution is -0.270. The average Bonchev–Trinajstić information content (AvgIpc) is 2.43. The summed E-state index contributed by atoms with van der Waals surface area (Å²) in [5, 5.41) is 13.0. The molecule has 0 saturated carbocycles. The van der Waals surface area contributed by atoms with E-state index in [0.29, 0.717) is 28.4 Å². The van der Waals surface area contributed by atoms with Gasteiger partial charge in [0.15, 0.2) is 0 Å². The summed E-state index contributed by atoms with van der Waals surface area (Å²) in [7, 11) is -0.247. The third kappa shape index (κ3) is 6.03. The van der Waals surface area contributed by atoms with Crippen LogP contribution in [0.1, 0.15) is 66.5 Å². The Labute approximate surface area is 146 Å². The van der Waals surface area contributed by atoms with Gasteiger partial charge in [-0.1, -0.05) is 101 Å². The molecule has 1 aromatic rings. The predicted octanol–water partition coefficient (Wildman–Crippen LogP) is 6.36. The predicted molar refractivity (Wildman–Crippen MR) is 108 cm³/mol. The van der Waals surface area contributed by atoms with E-state index < -0.39 is 0 Å². The maximum absolute atomic E-state index is 13.0. The van der Waals surface area contributed by atoms with Crippen LogP contribution in [0.2, 0.25) is 0 Å². The minimum atomic E-state index is -0.123. The zero-order valence-corrected chi connectivity index (χ0v) is 18.0. The molecule has 0 heterocycles. The van der Waals surface area contributed by atoms with Gasteiger partial charge in [-0.05, 0) is 35.0 Å². The molecule has 0 radical (unpaired) electrons. The number of hydrogen-bond donors (Lipinski definition) is 0. The molecule has 1 aromatic carbocycles. The molecular formula is C20H35OP2-. The molecule has 0 saturated heterocycles. The van der Waals surface area contributed by atoms with Crippen molar-refractivity contribution in [3.63, 3.8) is 0 Å². The van der Waals surface area contributed by atoms with Gasteiger partial charge in [0.05, 0.1) is 0 Å². The van der Waals surface area contributed by atoms with Crippen LogP contribution in [0.5, 0.6) is 5.75 Å². The summed E-state index contributed by atoms with van der Waals surface area (Å²) in [5.74, 6) is 0.329. The molecule has 0 amide bonds. The van der Waals surface area contributed by atoms with Crippen LogP contribution in [0.3, 0.4) is 0 Å². The van der Waals surface area contributed by atoms with Crippen LogP contribution in [-0.4, -0.2) is 22.6 Å². The number of para-hydroxylation sites is 1. The number of hydrogen-bond acceptors (Lipinski definition) is 1. The van der Waals surface area contributed by atoms with Crippen molar-refractivity contribution < 1.29 is 5.11 Å². The van der Waals surface area contributed by atoms with E-state index in [1.165, 1.54) is 0 Å². The lowest BCUT2D eigenvalue weighted by atomic mass is 10.1. The van der Waals surface area contributed by atoms with Crippen molar-refractivity contribution in [2.24, 2.45) is 0 Å². The minimum absolute atomic E-state index is 0.123. The third-order valence-corrected chi connectivity index (χ3v) is 11.3. The molecular weight excluding hydrogens is 318 g/mol.